The number of carbonyl (C=O) groups is 1. The maximum atomic E-state index is 13.5. The Morgan fingerprint density at radius 2 is 0.609 bits per heavy atom. The van der Waals surface area contributed by atoms with E-state index in [1.165, 1.54) is 263 Å². The number of unbranched alkanes of at least 4 members (excludes halogenated alkanes) is 46. The highest BCUT2D eigenvalue weighted by molar-refractivity contribution is 5.76. The molecule has 0 aliphatic carbocycles. The van der Waals surface area contributed by atoms with Gasteiger partial charge in [0.15, 0.2) is 18.9 Å². The van der Waals surface area contributed by atoms with Crippen molar-refractivity contribution in [1.29, 1.82) is 0 Å². The molecule has 19 heteroatoms. The normalized spacial score (nSPS) is 25.0. The summed E-state index contributed by atoms with van der Waals surface area (Å²) in [4.78, 5) is 13.5. The monoisotopic (exact) mass is 1630 g/mol. The zero-order valence-electron chi connectivity index (χ0n) is 72.3. The van der Waals surface area contributed by atoms with Crippen molar-refractivity contribution in [3.8, 4) is 0 Å². The Hall–Kier alpha value is -3.29. The summed E-state index contributed by atoms with van der Waals surface area (Å²) in [5.41, 5.74) is 0. The second kappa shape index (κ2) is 74.5. The van der Waals surface area contributed by atoms with Gasteiger partial charge in [-0.25, -0.2) is 0 Å². The summed E-state index contributed by atoms with van der Waals surface area (Å²) in [5, 5.41) is 121. The topological polar surface area (TPSA) is 307 Å². The molecule has 668 valence electrons. The van der Waals surface area contributed by atoms with E-state index in [1.807, 2.05) is 6.08 Å². The molecule has 1 amide bonds. The first-order valence-corrected chi connectivity index (χ1v) is 47.0. The van der Waals surface area contributed by atoms with Crippen molar-refractivity contribution in [2.75, 3.05) is 26.4 Å². The van der Waals surface area contributed by atoms with Gasteiger partial charge in [-0.15, -0.1) is 0 Å². The summed E-state index contributed by atoms with van der Waals surface area (Å²) < 4.78 is 34.5. The van der Waals surface area contributed by atoms with E-state index in [0.717, 1.165) is 77.0 Å². The predicted octanol–water partition coefficient (Wildman–Crippen LogP) is 18.6. The number of hydrogen-bond donors (Lipinski definition) is 12. The van der Waals surface area contributed by atoms with Crippen molar-refractivity contribution in [3.05, 3.63) is 97.2 Å². The number of hydrogen-bond acceptors (Lipinski definition) is 18. The van der Waals surface area contributed by atoms with Gasteiger partial charge in [-0.3, -0.25) is 4.79 Å². The molecule has 19 nitrogen and oxygen atoms in total. The predicted molar refractivity (Wildman–Crippen MR) is 466 cm³/mol. The minimum atomic E-state index is -1.98. The van der Waals surface area contributed by atoms with Gasteiger partial charge in [-0.1, -0.05) is 381 Å². The van der Waals surface area contributed by atoms with Crippen LogP contribution >= 0.6 is 0 Å². The molecule has 3 heterocycles. The van der Waals surface area contributed by atoms with E-state index in [9.17, 15) is 61.0 Å². The number of rotatable bonds is 76. The number of amides is 1. The van der Waals surface area contributed by atoms with Crippen LogP contribution in [0.25, 0.3) is 0 Å². The number of nitrogens with one attached hydrogen (secondary N) is 1. The van der Waals surface area contributed by atoms with Gasteiger partial charge in [0.2, 0.25) is 5.91 Å². The lowest BCUT2D eigenvalue weighted by Gasteiger charge is -2.48. The van der Waals surface area contributed by atoms with Crippen LogP contribution in [-0.4, -0.2) is 193 Å². The van der Waals surface area contributed by atoms with Crippen LogP contribution in [0, 0.1) is 0 Å². The Morgan fingerprint density at radius 3 is 0.974 bits per heavy atom. The van der Waals surface area contributed by atoms with Gasteiger partial charge in [-0.2, -0.15) is 0 Å². The number of carbonyl (C=O) groups excluding carboxylic acids is 1. The Morgan fingerprint density at radius 1 is 0.322 bits per heavy atom. The molecule has 0 saturated carbocycles. The van der Waals surface area contributed by atoms with Crippen molar-refractivity contribution in [1.82, 2.24) is 5.32 Å². The van der Waals surface area contributed by atoms with Crippen LogP contribution in [0.15, 0.2) is 97.2 Å². The van der Waals surface area contributed by atoms with E-state index in [2.05, 4.69) is 104 Å². The zero-order valence-corrected chi connectivity index (χ0v) is 72.3. The summed E-state index contributed by atoms with van der Waals surface area (Å²) in [5.74, 6) is -0.280. The number of aliphatic hydroxyl groups is 11. The van der Waals surface area contributed by atoms with Crippen LogP contribution < -0.4 is 5.32 Å². The van der Waals surface area contributed by atoms with Gasteiger partial charge < -0.3 is 89.9 Å². The molecule has 0 aromatic heterocycles. The van der Waals surface area contributed by atoms with Crippen LogP contribution in [-0.2, 0) is 33.2 Å². The Bertz CT molecular complexity index is 2450. The van der Waals surface area contributed by atoms with Gasteiger partial charge >= 0.3 is 0 Å². The Labute approximate surface area is 698 Å². The van der Waals surface area contributed by atoms with E-state index >= 15 is 0 Å². The number of allylic oxidation sites excluding steroid dienone is 15. The molecule has 115 heavy (non-hydrogen) atoms. The molecule has 0 aromatic carbocycles. The fourth-order valence-corrected chi connectivity index (χ4v) is 15.5. The highest BCUT2D eigenvalue weighted by Crippen LogP contribution is 2.34. The lowest BCUT2D eigenvalue weighted by atomic mass is 9.96. The van der Waals surface area contributed by atoms with E-state index < -0.39 is 124 Å². The van der Waals surface area contributed by atoms with Crippen LogP contribution in [0.1, 0.15) is 373 Å². The third-order valence-corrected chi connectivity index (χ3v) is 22.9. The average Bonchev–Trinajstić information content (AvgIpc) is 0.778. The van der Waals surface area contributed by atoms with Crippen LogP contribution in [0.3, 0.4) is 0 Å². The van der Waals surface area contributed by atoms with Crippen molar-refractivity contribution >= 4 is 5.91 Å². The largest absolute Gasteiger partial charge is 0.394 e. The zero-order chi connectivity index (χ0) is 83.1. The Kier molecular flexibility index (Phi) is 68.6. The Balaban J connectivity index is 1.30. The molecule has 0 spiro atoms. The van der Waals surface area contributed by atoms with Crippen molar-refractivity contribution in [2.45, 2.75) is 478 Å². The standard InChI is InChI=1S/C96H171NO18/c1-3-5-7-9-11-13-15-17-19-21-23-25-27-29-31-33-34-35-36-37-38-39-40-41-42-43-44-46-48-50-52-54-56-58-60-62-64-66-68-70-72-74-84(102)97-79(80(101)73-71-69-67-65-63-61-59-57-55-53-51-49-47-45-32-30-28-26-24-22-20-18-16-14-12-10-8-6-4-2)78-110-94-90(108)87(105)92(82(76-99)112-94)115-96-91(109)88(106)93(83(77-100)113-96)114-95-89(107)86(104)85(103)81(75-98)111-95/h5,7,11,13,17,19,23,25,29,31,34-35,63,65,71,73,79-83,85-96,98-101,103-109H,3-4,6,8-10,12,14-16,18,20-22,24,26-28,30,32-33,36-62,64,66-70,72,74-78H2,1-2H3,(H,97,102)/b7-5-,13-11-,19-17-,25-23-,31-29-,35-34-,65-63+,73-71+. The summed E-state index contributed by atoms with van der Waals surface area (Å²) >= 11 is 0. The summed E-state index contributed by atoms with van der Waals surface area (Å²) in [6.45, 7) is 1.65. The van der Waals surface area contributed by atoms with Crippen molar-refractivity contribution < 1.29 is 89.4 Å². The number of aliphatic hydroxyl groups excluding tert-OH is 11. The van der Waals surface area contributed by atoms with Gasteiger partial charge in [0.05, 0.1) is 38.6 Å². The minimum absolute atomic E-state index is 0.236. The molecule has 12 N–H and O–H groups in total. The molecule has 3 saturated heterocycles. The van der Waals surface area contributed by atoms with E-state index in [4.69, 9.17) is 28.4 Å². The smallest absolute Gasteiger partial charge is 0.220 e. The second-order valence-corrected chi connectivity index (χ2v) is 33.1. The molecule has 0 aromatic rings. The van der Waals surface area contributed by atoms with Crippen LogP contribution in [0.5, 0.6) is 0 Å². The first kappa shape index (κ1) is 106. The molecular weight excluding hydrogens is 1460 g/mol. The third kappa shape index (κ3) is 52.6. The fourth-order valence-electron chi connectivity index (χ4n) is 15.5. The molecule has 17 atom stereocenters. The molecule has 3 rings (SSSR count). The third-order valence-electron chi connectivity index (χ3n) is 22.9. The summed E-state index contributed by atoms with van der Waals surface area (Å²) in [6.07, 6.45) is 77.2. The molecule has 3 aliphatic rings. The maximum Gasteiger partial charge on any atom is 0.220 e. The van der Waals surface area contributed by atoms with Crippen LogP contribution in [0.2, 0.25) is 0 Å². The van der Waals surface area contributed by atoms with Gasteiger partial charge in [0.25, 0.3) is 0 Å². The van der Waals surface area contributed by atoms with E-state index in [0.29, 0.717) is 12.8 Å². The second-order valence-electron chi connectivity index (χ2n) is 33.1. The summed E-state index contributed by atoms with van der Waals surface area (Å²) in [7, 11) is 0. The van der Waals surface area contributed by atoms with Gasteiger partial charge in [-0.05, 0) is 83.5 Å². The highest BCUT2D eigenvalue weighted by Gasteiger charge is 2.54. The summed E-state index contributed by atoms with van der Waals surface area (Å²) in [6, 6.07) is -0.995. The lowest BCUT2D eigenvalue weighted by molar-refractivity contribution is -0.379. The molecule has 3 aliphatic heterocycles. The van der Waals surface area contributed by atoms with E-state index in [1.54, 1.807) is 6.08 Å². The van der Waals surface area contributed by atoms with Crippen LogP contribution in [0.4, 0.5) is 0 Å². The van der Waals surface area contributed by atoms with Crippen molar-refractivity contribution in [3.63, 3.8) is 0 Å². The lowest BCUT2D eigenvalue weighted by Crippen LogP contribution is -2.66. The fraction of sp³-hybridized carbons (Fsp3) is 0.823. The first-order valence-electron chi connectivity index (χ1n) is 47.0. The molecule has 0 bridgehead atoms. The van der Waals surface area contributed by atoms with Gasteiger partial charge in [0, 0.05) is 6.42 Å². The number of ether oxygens (including phenoxy) is 6. The molecule has 3 fully saturated rings. The van der Waals surface area contributed by atoms with Crippen molar-refractivity contribution in [2.24, 2.45) is 0 Å². The highest BCUT2D eigenvalue weighted by atomic mass is 16.8. The quantitative estimate of drug-likeness (QED) is 0.0199. The molecular formula is C96H171NO18. The van der Waals surface area contributed by atoms with E-state index in [-0.39, 0.29) is 18.9 Å². The maximum absolute atomic E-state index is 13.5. The minimum Gasteiger partial charge on any atom is -0.394 e. The first-order chi connectivity index (χ1) is 56.3. The average molecular weight is 1630 g/mol. The SMILES string of the molecule is CC/C=C\C/C=C\C/C=C\C/C=C\C/C=C\C/C=C\CCCCCCCCCCCCCCCCCCCCCCCCC(=O)NC(COC1OC(CO)C(OC2OC(CO)C(OC3OC(CO)C(O)C(O)C3O)C(O)C2O)C(O)C1O)C(O)/C=C/CC/C=C/CCCCCCCCCCCCCCCCCCCCCCCCC. The molecule has 0 radical (unpaired) electrons. The molecule has 17 unspecified atom stereocenters. The van der Waals surface area contributed by atoms with Gasteiger partial charge in [0.1, 0.15) is 73.2 Å².